The molecule has 0 spiro atoms. The third-order valence-corrected chi connectivity index (χ3v) is 5.21. The van der Waals surface area contributed by atoms with Crippen LogP contribution in [0, 0.1) is 12.8 Å². The number of benzene rings is 1. The molecule has 1 amide bonds. The van der Waals surface area contributed by atoms with Gasteiger partial charge in [0.25, 0.3) is 5.91 Å². The first-order chi connectivity index (χ1) is 13.9. The second kappa shape index (κ2) is 7.79. The van der Waals surface area contributed by atoms with Crippen LogP contribution in [-0.4, -0.2) is 49.2 Å². The van der Waals surface area contributed by atoms with Crippen molar-refractivity contribution in [1.82, 2.24) is 29.7 Å². The van der Waals surface area contributed by atoms with Crippen molar-refractivity contribution in [3.05, 3.63) is 53.1 Å². The maximum atomic E-state index is 12.8. The number of carbonyl (C=O) groups is 1. The standard InChI is InChI=1S/C21H27N7O/c1-14(2)11-27-13-17(10-22-27)23-21(29)20-15(3)28(25-24-20)19-7-5-6-16-12-26(4)9-8-18(16)19/h5-7,10,13-14H,8-9,11-12H2,1-4H3,(H,23,29). The average Bonchev–Trinajstić information content (AvgIpc) is 3.26. The Labute approximate surface area is 170 Å². The highest BCUT2D eigenvalue weighted by molar-refractivity contribution is 6.03. The van der Waals surface area contributed by atoms with Crippen LogP contribution >= 0.6 is 0 Å². The van der Waals surface area contributed by atoms with Crippen molar-refractivity contribution >= 4 is 11.6 Å². The van der Waals surface area contributed by atoms with Crippen LogP contribution in [0.5, 0.6) is 0 Å². The Morgan fingerprint density at radius 1 is 1.31 bits per heavy atom. The van der Waals surface area contributed by atoms with E-state index >= 15 is 0 Å². The van der Waals surface area contributed by atoms with Gasteiger partial charge in [0, 0.05) is 25.8 Å². The van der Waals surface area contributed by atoms with Gasteiger partial charge in [0.05, 0.1) is 23.3 Å². The molecule has 0 saturated carbocycles. The second-order valence-electron chi connectivity index (χ2n) is 8.14. The Morgan fingerprint density at radius 2 is 2.14 bits per heavy atom. The minimum Gasteiger partial charge on any atom is -0.318 e. The van der Waals surface area contributed by atoms with Crippen molar-refractivity contribution in [2.75, 3.05) is 18.9 Å². The molecule has 1 aliphatic rings. The smallest absolute Gasteiger partial charge is 0.278 e. The molecule has 1 aliphatic heterocycles. The monoisotopic (exact) mass is 393 g/mol. The van der Waals surface area contributed by atoms with Crippen LogP contribution in [0.4, 0.5) is 5.69 Å². The molecular formula is C21H27N7O. The number of likely N-dealkylation sites (N-methyl/N-ethyl adjacent to an activating group) is 1. The molecule has 0 saturated heterocycles. The quantitative estimate of drug-likeness (QED) is 0.721. The maximum absolute atomic E-state index is 12.8. The maximum Gasteiger partial charge on any atom is 0.278 e. The molecule has 0 unspecified atom stereocenters. The lowest BCUT2D eigenvalue weighted by Crippen LogP contribution is -2.27. The third-order valence-electron chi connectivity index (χ3n) is 5.21. The number of nitrogens with zero attached hydrogens (tertiary/aromatic N) is 6. The Morgan fingerprint density at radius 3 is 2.93 bits per heavy atom. The topological polar surface area (TPSA) is 80.9 Å². The number of hydrogen-bond donors (Lipinski definition) is 1. The summed E-state index contributed by atoms with van der Waals surface area (Å²) in [6.07, 6.45) is 4.45. The van der Waals surface area contributed by atoms with E-state index in [1.54, 1.807) is 10.9 Å². The van der Waals surface area contributed by atoms with Gasteiger partial charge in [0.1, 0.15) is 0 Å². The predicted octanol–water partition coefficient (Wildman–Crippen LogP) is 2.67. The second-order valence-corrected chi connectivity index (χ2v) is 8.14. The molecule has 3 heterocycles. The zero-order valence-electron chi connectivity index (χ0n) is 17.4. The largest absolute Gasteiger partial charge is 0.318 e. The zero-order valence-corrected chi connectivity index (χ0v) is 17.4. The Balaban J connectivity index is 1.57. The zero-order chi connectivity index (χ0) is 20.5. The number of aromatic nitrogens is 5. The normalized spacial score (nSPS) is 14.2. The molecule has 152 valence electrons. The Kier molecular flexibility index (Phi) is 5.19. The van der Waals surface area contributed by atoms with E-state index < -0.39 is 0 Å². The lowest BCUT2D eigenvalue weighted by molar-refractivity contribution is 0.102. The number of hydrogen-bond acceptors (Lipinski definition) is 5. The first-order valence-corrected chi connectivity index (χ1v) is 9.98. The molecule has 8 heteroatoms. The first kappa shape index (κ1) is 19.3. The van der Waals surface area contributed by atoms with Crippen LogP contribution < -0.4 is 5.32 Å². The van der Waals surface area contributed by atoms with Crippen LogP contribution in [0.3, 0.4) is 0 Å². The fourth-order valence-electron chi connectivity index (χ4n) is 3.79. The van der Waals surface area contributed by atoms with Crippen LogP contribution in [-0.2, 0) is 19.5 Å². The molecule has 29 heavy (non-hydrogen) atoms. The van der Waals surface area contributed by atoms with Gasteiger partial charge in [-0.25, -0.2) is 4.68 Å². The van der Waals surface area contributed by atoms with Crippen LogP contribution in [0.2, 0.25) is 0 Å². The summed E-state index contributed by atoms with van der Waals surface area (Å²) < 4.78 is 3.61. The highest BCUT2D eigenvalue weighted by Gasteiger charge is 2.22. The molecular weight excluding hydrogens is 366 g/mol. The number of fused-ring (bicyclic) bond motifs is 1. The molecule has 2 aromatic heterocycles. The van der Waals surface area contributed by atoms with Crippen molar-refractivity contribution < 1.29 is 4.79 Å². The van der Waals surface area contributed by atoms with Gasteiger partial charge in [-0.05, 0) is 43.5 Å². The van der Waals surface area contributed by atoms with E-state index in [0.29, 0.717) is 17.3 Å². The van der Waals surface area contributed by atoms with Gasteiger partial charge in [-0.1, -0.05) is 31.2 Å². The molecule has 4 rings (SSSR count). The number of rotatable bonds is 5. The average molecular weight is 393 g/mol. The number of carbonyl (C=O) groups excluding carboxylic acids is 1. The van der Waals surface area contributed by atoms with Crippen molar-refractivity contribution in [3.63, 3.8) is 0 Å². The van der Waals surface area contributed by atoms with Crippen LogP contribution in [0.1, 0.15) is 41.2 Å². The van der Waals surface area contributed by atoms with Gasteiger partial charge < -0.3 is 10.2 Å². The molecule has 0 fully saturated rings. The molecule has 0 aliphatic carbocycles. The van der Waals surface area contributed by atoms with Gasteiger partial charge in [-0.2, -0.15) is 5.10 Å². The fourth-order valence-corrected chi connectivity index (χ4v) is 3.79. The summed E-state index contributed by atoms with van der Waals surface area (Å²) in [5.41, 5.74) is 5.29. The summed E-state index contributed by atoms with van der Waals surface area (Å²) in [6.45, 7) is 8.87. The minimum absolute atomic E-state index is 0.276. The van der Waals surface area contributed by atoms with E-state index in [2.05, 4.69) is 52.6 Å². The van der Waals surface area contributed by atoms with Gasteiger partial charge in [-0.3, -0.25) is 9.48 Å². The molecule has 3 aromatic rings. The van der Waals surface area contributed by atoms with E-state index in [-0.39, 0.29) is 5.91 Å². The van der Waals surface area contributed by atoms with Crippen molar-refractivity contribution in [3.8, 4) is 5.69 Å². The van der Waals surface area contributed by atoms with E-state index in [4.69, 9.17) is 0 Å². The third kappa shape index (κ3) is 3.93. The molecule has 0 bridgehead atoms. The Hall–Kier alpha value is -3.00. The first-order valence-electron chi connectivity index (χ1n) is 9.98. The van der Waals surface area contributed by atoms with Crippen LogP contribution in [0.25, 0.3) is 5.69 Å². The minimum atomic E-state index is -0.276. The molecule has 0 atom stereocenters. The summed E-state index contributed by atoms with van der Waals surface area (Å²) in [7, 11) is 2.13. The molecule has 0 radical (unpaired) electrons. The Bertz CT molecular complexity index is 1030. The predicted molar refractivity (Wildman–Crippen MR) is 111 cm³/mol. The fraction of sp³-hybridized carbons (Fsp3) is 0.429. The summed E-state index contributed by atoms with van der Waals surface area (Å²) in [5, 5.41) is 15.6. The molecule has 1 aromatic carbocycles. The van der Waals surface area contributed by atoms with Crippen molar-refractivity contribution in [2.45, 2.75) is 40.3 Å². The van der Waals surface area contributed by atoms with E-state index in [1.165, 1.54) is 11.1 Å². The molecule has 8 nitrogen and oxygen atoms in total. The van der Waals surface area contributed by atoms with Gasteiger partial charge in [0.2, 0.25) is 0 Å². The highest BCUT2D eigenvalue weighted by Crippen LogP contribution is 2.25. The summed E-state index contributed by atoms with van der Waals surface area (Å²) in [4.78, 5) is 15.1. The summed E-state index contributed by atoms with van der Waals surface area (Å²) in [6, 6.07) is 6.24. The van der Waals surface area contributed by atoms with Gasteiger partial charge in [0.15, 0.2) is 5.69 Å². The lowest BCUT2D eigenvalue weighted by Gasteiger charge is -2.26. The number of amides is 1. The van der Waals surface area contributed by atoms with Crippen molar-refractivity contribution in [1.29, 1.82) is 0 Å². The van der Waals surface area contributed by atoms with Gasteiger partial charge >= 0.3 is 0 Å². The molecule has 1 N–H and O–H groups in total. The highest BCUT2D eigenvalue weighted by atomic mass is 16.2. The lowest BCUT2D eigenvalue weighted by atomic mass is 9.98. The number of nitrogens with one attached hydrogen (secondary N) is 1. The van der Waals surface area contributed by atoms with E-state index in [0.717, 1.165) is 37.4 Å². The SMILES string of the molecule is Cc1c(C(=O)Nc2cnn(CC(C)C)c2)nnn1-c1cccc2c1CCN(C)C2. The van der Waals surface area contributed by atoms with E-state index in [9.17, 15) is 4.79 Å². The van der Waals surface area contributed by atoms with Crippen LogP contribution in [0.15, 0.2) is 30.6 Å². The van der Waals surface area contributed by atoms with Gasteiger partial charge in [-0.15, -0.1) is 5.10 Å². The van der Waals surface area contributed by atoms with E-state index in [1.807, 2.05) is 29.9 Å². The summed E-state index contributed by atoms with van der Waals surface area (Å²) >= 11 is 0. The number of anilines is 1. The van der Waals surface area contributed by atoms with Crippen molar-refractivity contribution in [2.24, 2.45) is 5.92 Å². The summed E-state index contributed by atoms with van der Waals surface area (Å²) in [5.74, 6) is 0.208.